The molecule has 3 rings (SSSR count). The molecule has 33 heavy (non-hydrogen) atoms. The van der Waals surface area contributed by atoms with Gasteiger partial charge in [0, 0.05) is 18.6 Å². The Kier molecular flexibility index (Phi) is 7.98. The minimum atomic E-state index is -4.52. The molecule has 4 nitrogen and oxygen atoms in total. The zero-order valence-electron chi connectivity index (χ0n) is 19.3. The Balaban J connectivity index is 1.69. The predicted molar refractivity (Wildman–Crippen MR) is 122 cm³/mol. The van der Waals surface area contributed by atoms with Crippen LogP contribution in [0.2, 0.25) is 0 Å². The first-order valence-electron chi connectivity index (χ1n) is 11.2. The van der Waals surface area contributed by atoms with Crippen LogP contribution >= 0.6 is 11.8 Å². The standard InChI is InChI=1S/C25H29F3N2O2S/c1-5-16-7-14(3)8-17(6-2)23(16)24-19(31)9-18(10-20(24)32)15(4)13-33-22-12-29-21(11-30-22)25(26,27)28/h7-8,11-12,15,18,24H,5-6,9-10,13H2,1-4H3. The number of carbonyl (C=O) groups excluding carboxylic acids is 2. The van der Waals surface area contributed by atoms with Crippen molar-refractivity contribution in [1.82, 2.24) is 9.97 Å². The summed E-state index contributed by atoms with van der Waals surface area (Å²) in [6.07, 6.45) is -0.478. The van der Waals surface area contributed by atoms with E-state index >= 15 is 0 Å². The third kappa shape index (κ3) is 5.83. The Bertz CT molecular complexity index is 978. The van der Waals surface area contributed by atoms with Crippen LogP contribution in [0.1, 0.15) is 67.5 Å². The molecule has 1 saturated carbocycles. The summed E-state index contributed by atoms with van der Waals surface area (Å²) >= 11 is 1.29. The molecule has 1 heterocycles. The third-order valence-electron chi connectivity index (χ3n) is 6.33. The van der Waals surface area contributed by atoms with Gasteiger partial charge in [0.2, 0.25) is 0 Å². The largest absolute Gasteiger partial charge is 0.434 e. The first-order chi connectivity index (χ1) is 15.5. The molecule has 1 aliphatic carbocycles. The number of rotatable bonds is 7. The number of alkyl halides is 3. The highest BCUT2D eigenvalue weighted by atomic mass is 32.2. The maximum absolute atomic E-state index is 13.2. The van der Waals surface area contributed by atoms with E-state index in [1.807, 2.05) is 27.7 Å². The van der Waals surface area contributed by atoms with Gasteiger partial charge in [-0.2, -0.15) is 13.2 Å². The van der Waals surface area contributed by atoms with Crippen molar-refractivity contribution in [2.45, 2.75) is 70.5 Å². The number of benzene rings is 1. The van der Waals surface area contributed by atoms with Gasteiger partial charge < -0.3 is 0 Å². The lowest BCUT2D eigenvalue weighted by molar-refractivity contribution is -0.141. The van der Waals surface area contributed by atoms with E-state index < -0.39 is 17.8 Å². The van der Waals surface area contributed by atoms with Gasteiger partial charge in [-0.05, 0) is 48.3 Å². The number of carbonyl (C=O) groups is 2. The van der Waals surface area contributed by atoms with Crippen molar-refractivity contribution < 1.29 is 22.8 Å². The fourth-order valence-corrected chi connectivity index (χ4v) is 5.49. The molecule has 0 radical (unpaired) electrons. The summed E-state index contributed by atoms with van der Waals surface area (Å²) in [6.45, 7) is 8.09. The lowest BCUT2D eigenvalue weighted by Gasteiger charge is -2.32. The molecular weight excluding hydrogens is 449 g/mol. The second-order valence-corrected chi connectivity index (χ2v) is 9.80. The van der Waals surface area contributed by atoms with Gasteiger partial charge >= 0.3 is 6.18 Å². The van der Waals surface area contributed by atoms with Gasteiger partial charge in [0.15, 0.2) is 5.69 Å². The number of aryl methyl sites for hydroxylation is 3. The van der Waals surface area contributed by atoms with Gasteiger partial charge in [-0.25, -0.2) is 9.97 Å². The van der Waals surface area contributed by atoms with Crippen molar-refractivity contribution in [1.29, 1.82) is 0 Å². The molecule has 1 aromatic heterocycles. The van der Waals surface area contributed by atoms with Crippen LogP contribution in [0.3, 0.4) is 0 Å². The molecule has 1 aliphatic rings. The van der Waals surface area contributed by atoms with Crippen molar-refractivity contribution in [3.8, 4) is 0 Å². The second kappa shape index (κ2) is 10.4. The van der Waals surface area contributed by atoms with E-state index in [0.717, 1.165) is 47.5 Å². The number of hydrogen-bond acceptors (Lipinski definition) is 5. The molecule has 178 valence electrons. The number of Topliss-reactive ketones (excluding diaryl/α,β-unsaturated/α-hetero) is 2. The van der Waals surface area contributed by atoms with E-state index in [4.69, 9.17) is 0 Å². The Labute approximate surface area is 196 Å². The molecule has 0 amide bonds. The lowest BCUT2D eigenvalue weighted by Crippen LogP contribution is -2.35. The monoisotopic (exact) mass is 478 g/mol. The van der Waals surface area contributed by atoms with Crippen LogP contribution in [0, 0.1) is 18.8 Å². The predicted octanol–water partition coefficient (Wildman–Crippen LogP) is 5.99. The van der Waals surface area contributed by atoms with E-state index in [0.29, 0.717) is 23.6 Å². The summed E-state index contributed by atoms with van der Waals surface area (Å²) in [5.74, 6) is -0.265. The van der Waals surface area contributed by atoms with Crippen molar-refractivity contribution in [3.63, 3.8) is 0 Å². The molecule has 1 fully saturated rings. The van der Waals surface area contributed by atoms with Crippen LogP contribution < -0.4 is 0 Å². The van der Waals surface area contributed by atoms with Crippen LogP contribution in [0.15, 0.2) is 29.6 Å². The third-order valence-corrected chi connectivity index (χ3v) is 7.53. The number of ketones is 2. The topological polar surface area (TPSA) is 59.9 Å². The molecule has 1 atom stereocenters. The average molecular weight is 479 g/mol. The second-order valence-electron chi connectivity index (χ2n) is 8.76. The Morgan fingerprint density at radius 2 is 1.61 bits per heavy atom. The summed E-state index contributed by atoms with van der Waals surface area (Å²) in [4.78, 5) is 33.6. The highest BCUT2D eigenvalue weighted by Crippen LogP contribution is 2.39. The van der Waals surface area contributed by atoms with E-state index in [1.54, 1.807) is 0 Å². The normalized spacial score (nSPS) is 20.2. The minimum absolute atomic E-state index is 0.0299. The van der Waals surface area contributed by atoms with Gasteiger partial charge in [-0.3, -0.25) is 9.59 Å². The van der Waals surface area contributed by atoms with Crippen LogP contribution in [0.25, 0.3) is 0 Å². The highest BCUT2D eigenvalue weighted by Gasteiger charge is 2.40. The summed E-state index contributed by atoms with van der Waals surface area (Å²) < 4.78 is 37.9. The first-order valence-corrected chi connectivity index (χ1v) is 12.2. The average Bonchev–Trinajstić information content (AvgIpc) is 2.76. The quantitative estimate of drug-likeness (QED) is 0.361. The van der Waals surface area contributed by atoms with Crippen molar-refractivity contribution in [2.24, 2.45) is 11.8 Å². The molecule has 0 spiro atoms. The van der Waals surface area contributed by atoms with E-state index in [2.05, 4.69) is 22.1 Å². The molecule has 8 heteroatoms. The van der Waals surface area contributed by atoms with Gasteiger partial charge in [-0.1, -0.05) is 38.5 Å². The van der Waals surface area contributed by atoms with Crippen LogP contribution in [-0.2, 0) is 28.6 Å². The van der Waals surface area contributed by atoms with Crippen molar-refractivity contribution >= 4 is 23.3 Å². The number of aromatic nitrogens is 2. The molecule has 2 aromatic rings. The molecule has 0 saturated heterocycles. The molecule has 0 N–H and O–H groups in total. The zero-order valence-corrected chi connectivity index (χ0v) is 20.1. The summed E-state index contributed by atoms with van der Waals surface area (Å²) in [6, 6.07) is 4.15. The summed E-state index contributed by atoms with van der Waals surface area (Å²) in [5.41, 5.74) is 3.16. The van der Waals surface area contributed by atoms with Crippen molar-refractivity contribution in [2.75, 3.05) is 5.75 Å². The fraction of sp³-hybridized carbons (Fsp3) is 0.520. The Morgan fingerprint density at radius 1 is 1.03 bits per heavy atom. The first kappa shape index (κ1) is 25.4. The maximum atomic E-state index is 13.2. The number of halogens is 3. The number of nitrogens with zero attached hydrogens (tertiary/aromatic N) is 2. The fourth-order valence-electron chi connectivity index (χ4n) is 4.53. The summed E-state index contributed by atoms with van der Waals surface area (Å²) in [7, 11) is 0. The Hall–Kier alpha value is -2.22. The van der Waals surface area contributed by atoms with Crippen LogP contribution in [-0.4, -0.2) is 27.3 Å². The summed E-state index contributed by atoms with van der Waals surface area (Å²) in [5, 5.41) is 0.390. The van der Waals surface area contributed by atoms with Crippen molar-refractivity contribution in [3.05, 3.63) is 52.5 Å². The number of hydrogen-bond donors (Lipinski definition) is 0. The van der Waals surface area contributed by atoms with Gasteiger partial charge in [0.1, 0.15) is 22.5 Å². The SMILES string of the molecule is CCc1cc(C)cc(CC)c1C1C(=O)CC(C(C)CSc2cnc(C(F)(F)F)cn2)CC1=O. The molecule has 0 aliphatic heterocycles. The highest BCUT2D eigenvalue weighted by molar-refractivity contribution is 7.99. The van der Waals surface area contributed by atoms with Gasteiger partial charge in [0.25, 0.3) is 0 Å². The molecule has 1 aromatic carbocycles. The molecular formula is C25H29F3N2O2S. The minimum Gasteiger partial charge on any atom is -0.299 e. The lowest BCUT2D eigenvalue weighted by atomic mass is 9.70. The van der Waals surface area contributed by atoms with Crippen LogP contribution in [0.4, 0.5) is 13.2 Å². The molecule has 1 unspecified atom stereocenters. The maximum Gasteiger partial charge on any atom is 0.434 e. The van der Waals surface area contributed by atoms with E-state index in [1.165, 1.54) is 11.8 Å². The molecule has 0 bridgehead atoms. The van der Waals surface area contributed by atoms with E-state index in [-0.39, 0.29) is 23.4 Å². The Morgan fingerprint density at radius 3 is 2.06 bits per heavy atom. The van der Waals surface area contributed by atoms with E-state index in [9.17, 15) is 22.8 Å². The zero-order chi connectivity index (χ0) is 24.3. The van der Waals surface area contributed by atoms with Gasteiger partial charge in [0.05, 0.1) is 12.4 Å². The van der Waals surface area contributed by atoms with Crippen LogP contribution in [0.5, 0.6) is 0 Å². The smallest absolute Gasteiger partial charge is 0.299 e. The number of thioether (sulfide) groups is 1. The van der Waals surface area contributed by atoms with Gasteiger partial charge in [-0.15, -0.1) is 11.8 Å².